The zero-order chi connectivity index (χ0) is 17.2. The lowest BCUT2D eigenvalue weighted by molar-refractivity contribution is 0.416. The highest BCUT2D eigenvalue weighted by atomic mass is 16.5. The fraction of sp³-hybridized carbons (Fsp3) is 0.263. The molecular weight excluding hydrogens is 300 g/mol. The molecule has 0 amide bonds. The van der Waals surface area contributed by atoms with Crippen LogP contribution in [0.1, 0.15) is 26.5 Å². The summed E-state index contributed by atoms with van der Waals surface area (Å²) in [7, 11) is 1.66. The first kappa shape index (κ1) is 16.1. The van der Waals surface area contributed by atoms with Crippen molar-refractivity contribution in [2.75, 3.05) is 7.11 Å². The van der Waals surface area contributed by atoms with E-state index in [0.29, 0.717) is 11.6 Å². The first-order valence-electron chi connectivity index (χ1n) is 7.79. The molecule has 0 saturated heterocycles. The van der Waals surface area contributed by atoms with Gasteiger partial charge in [-0.25, -0.2) is 19.9 Å². The van der Waals surface area contributed by atoms with Gasteiger partial charge in [0.2, 0.25) is 0 Å². The average molecular weight is 320 g/mol. The summed E-state index contributed by atoms with van der Waals surface area (Å²) in [6.07, 6.45) is 3.39. The fourth-order valence-corrected chi connectivity index (χ4v) is 2.34. The Morgan fingerprint density at radius 1 is 0.875 bits per heavy atom. The molecule has 5 nitrogen and oxygen atoms in total. The molecule has 0 saturated carbocycles. The molecule has 0 radical (unpaired) electrons. The summed E-state index contributed by atoms with van der Waals surface area (Å²) in [5.41, 5.74) is 2.53. The van der Waals surface area contributed by atoms with Crippen molar-refractivity contribution in [3.05, 3.63) is 54.5 Å². The monoisotopic (exact) mass is 320 g/mol. The highest BCUT2D eigenvalue weighted by molar-refractivity contribution is 5.69. The quantitative estimate of drug-likeness (QED) is 0.732. The molecule has 0 aliphatic carbocycles. The summed E-state index contributed by atoms with van der Waals surface area (Å²) >= 11 is 0. The molecule has 24 heavy (non-hydrogen) atoms. The number of hydrogen-bond acceptors (Lipinski definition) is 5. The first-order valence-corrected chi connectivity index (χ1v) is 7.79. The van der Waals surface area contributed by atoms with Gasteiger partial charge in [0.15, 0.2) is 11.6 Å². The zero-order valence-corrected chi connectivity index (χ0v) is 14.3. The third-order valence-corrected chi connectivity index (χ3v) is 3.64. The van der Waals surface area contributed by atoms with Crippen molar-refractivity contribution in [3.63, 3.8) is 0 Å². The van der Waals surface area contributed by atoms with Crippen molar-refractivity contribution >= 4 is 0 Å². The van der Waals surface area contributed by atoms with Crippen molar-refractivity contribution in [2.45, 2.75) is 26.2 Å². The van der Waals surface area contributed by atoms with Gasteiger partial charge in [0.05, 0.1) is 18.5 Å². The van der Waals surface area contributed by atoms with Gasteiger partial charge in [-0.05, 0) is 24.3 Å². The molecule has 1 aromatic carbocycles. The van der Waals surface area contributed by atoms with E-state index in [1.54, 1.807) is 25.6 Å². The van der Waals surface area contributed by atoms with Gasteiger partial charge in [-0.3, -0.25) is 0 Å². The summed E-state index contributed by atoms with van der Waals surface area (Å²) in [6, 6.07) is 11.6. The molecule has 122 valence electrons. The van der Waals surface area contributed by atoms with Crippen molar-refractivity contribution in [1.29, 1.82) is 0 Å². The van der Waals surface area contributed by atoms with Crippen LogP contribution in [0.4, 0.5) is 0 Å². The largest absolute Gasteiger partial charge is 0.496 e. The highest BCUT2D eigenvalue weighted by Crippen LogP contribution is 2.32. The SMILES string of the molecule is COc1ccccc1-c1cc(C(C)(C)C)nc(-c2ncccn2)n1. The average Bonchev–Trinajstić information content (AvgIpc) is 2.61. The molecule has 5 heteroatoms. The van der Waals surface area contributed by atoms with E-state index >= 15 is 0 Å². The normalized spacial score (nSPS) is 11.3. The Morgan fingerprint density at radius 2 is 1.58 bits per heavy atom. The van der Waals surface area contributed by atoms with Crippen LogP contribution in [0.2, 0.25) is 0 Å². The minimum Gasteiger partial charge on any atom is -0.496 e. The number of methoxy groups -OCH3 is 1. The van der Waals surface area contributed by atoms with Crippen LogP contribution in [0.3, 0.4) is 0 Å². The van der Waals surface area contributed by atoms with Crippen molar-refractivity contribution in [1.82, 2.24) is 19.9 Å². The lowest BCUT2D eigenvalue weighted by atomic mass is 9.91. The number of aromatic nitrogens is 4. The Kier molecular flexibility index (Phi) is 4.25. The predicted octanol–water partition coefficient (Wildman–Crippen LogP) is 3.91. The summed E-state index contributed by atoms with van der Waals surface area (Å²) in [5.74, 6) is 1.81. The Morgan fingerprint density at radius 3 is 2.25 bits per heavy atom. The van der Waals surface area contributed by atoms with Crippen LogP contribution >= 0.6 is 0 Å². The minimum atomic E-state index is -0.122. The van der Waals surface area contributed by atoms with Gasteiger partial charge >= 0.3 is 0 Å². The molecule has 0 atom stereocenters. The first-order chi connectivity index (χ1) is 11.5. The Bertz CT molecular complexity index is 841. The van der Waals surface area contributed by atoms with E-state index in [1.165, 1.54) is 0 Å². The minimum absolute atomic E-state index is 0.122. The number of hydrogen-bond donors (Lipinski definition) is 0. The topological polar surface area (TPSA) is 60.8 Å². The fourth-order valence-electron chi connectivity index (χ4n) is 2.34. The zero-order valence-electron chi connectivity index (χ0n) is 14.3. The lowest BCUT2D eigenvalue weighted by Gasteiger charge is -2.19. The predicted molar refractivity (Wildman–Crippen MR) is 93.7 cm³/mol. The van der Waals surface area contributed by atoms with Gasteiger partial charge < -0.3 is 4.74 Å². The van der Waals surface area contributed by atoms with Crippen LogP contribution in [-0.2, 0) is 5.41 Å². The molecule has 2 heterocycles. The smallest absolute Gasteiger partial charge is 0.198 e. The second-order valence-corrected chi connectivity index (χ2v) is 6.48. The molecule has 0 fully saturated rings. The van der Waals surface area contributed by atoms with Gasteiger partial charge in [-0.1, -0.05) is 32.9 Å². The van der Waals surface area contributed by atoms with Gasteiger partial charge in [0.25, 0.3) is 0 Å². The molecule has 0 unspecified atom stereocenters. The van der Waals surface area contributed by atoms with E-state index in [1.807, 2.05) is 30.3 Å². The van der Waals surface area contributed by atoms with Gasteiger partial charge in [-0.15, -0.1) is 0 Å². The van der Waals surface area contributed by atoms with E-state index < -0.39 is 0 Å². The van der Waals surface area contributed by atoms with Crippen LogP contribution in [0.25, 0.3) is 22.9 Å². The van der Waals surface area contributed by atoms with Crippen LogP contribution in [-0.4, -0.2) is 27.0 Å². The number of ether oxygens (including phenoxy) is 1. The summed E-state index contributed by atoms with van der Waals surface area (Å²) in [5, 5.41) is 0. The van der Waals surface area contributed by atoms with E-state index in [0.717, 1.165) is 22.7 Å². The molecular formula is C19H20N4O. The number of para-hydroxylation sites is 1. The number of benzene rings is 1. The maximum absolute atomic E-state index is 5.48. The van der Waals surface area contributed by atoms with Crippen LogP contribution in [0, 0.1) is 0 Å². The molecule has 0 bridgehead atoms. The maximum Gasteiger partial charge on any atom is 0.198 e. The third kappa shape index (κ3) is 3.25. The molecule has 0 aliphatic rings. The molecule has 0 N–H and O–H groups in total. The van der Waals surface area contributed by atoms with Gasteiger partial charge in [-0.2, -0.15) is 0 Å². The second kappa shape index (κ2) is 6.35. The maximum atomic E-state index is 5.48. The Hall–Kier alpha value is -2.82. The van der Waals surface area contributed by atoms with E-state index in [4.69, 9.17) is 4.74 Å². The molecule has 0 spiro atoms. The Labute approximate surface area is 141 Å². The van der Waals surface area contributed by atoms with E-state index in [-0.39, 0.29) is 5.41 Å². The van der Waals surface area contributed by atoms with E-state index in [9.17, 15) is 0 Å². The van der Waals surface area contributed by atoms with E-state index in [2.05, 4.69) is 40.7 Å². The van der Waals surface area contributed by atoms with Crippen LogP contribution < -0.4 is 4.74 Å². The van der Waals surface area contributed by atoms with Gasteiger partial charge in [0, 0.05) is 23.4 Å². The second-order valence-electron chi connectivity index (χ2n) is 6.48. The van der Waals surface area contributed by atoms with Crippen molar-refractivity contribution < 1.29 is 4.74 Å². The highest BCUT2D eigenvalue weighted by Gasteiger charge is 2.20. The molecule has 0 aliphatic heterocycles. The number of nitrogens with zero attached hydrogens (tertiary/aromatic N) is 4. The summed E-state index contributed by atoms with van der Waals surface area (Å²) in [6.45, 7) is 6.37. The molecule has 3 rings (SSSR count). The number of rotatable bonds is 3. The van der Waals surface area contributed by atoms with Gasteiger partial charge in [0.1, 0.15) is 5.75 Å². The molecule has 2 aromatic heterocycles. The molecule has 3 aromatic rings. The lowest BCUT2D eigenvalue weighted by Crippen LogP contribution is -2.15. The standard InChI is InChI=1S/C19H20N4O/c1-19(2,3)16-12-14(13-8-5-6-9-15(13)24-4)22-18(23-16)17-20-10-7-11-21-17/h5-12H,1-4H3. The Balaban J connectivity index is 2.23. The third-order valence-electron chi connectivity index (χ3n) is 3.64. The summed E-state index contributed by atoms with van der Waals surface area (Å²) in [4.78, 5) is 17.9. The van der Waals surface area contributed by atoms with Crippen molar-refractivity contribution in [3.8, 4) is 28.7 Å². The summed E-state index contributed by atoms with van der Waals surface area (Å²) < 4.78 is 5.48. The van der Waals surface area contributed by atoms with Crippen LogP contribution in [0.15, 0.2) is 48.8 Å². The van der Waals surface area contributed by atoms with Crippen LogP contribution in [0.5, 0.6) is 5.75 Å². The van der Waals surface area contributed by atoms with Crippen molar-refractivity contribution in [2.24, 2.45) is 0 Å².